The van der Waals surface area contributed by atoms with Crippen molar-refractivity contribution in [1.82, 2.24) is 10.3 Å². The summed E-state index contributed by atoms with van der Waals surface area (Å²) in [5.74, 6) is 4.10. The van der Waals surface area contributed by atoms with E-state index in [1.54, 1.807) is 0 Å². The van der Waals surface area contributed by atoms with E-state index in [0.717, 1.165) is 30.4 Å². The molecule has 0 spiro atoms. The molecule has 1 aliphatic rings. The molecule has 2 heterocycles. The first-order valence-corrected chi connectivity index (χ1v) is 5.81. The van der Waals surface area contributed by atoms with Crippen molar-refractivity contribution < 1.29 is 4.42 Å². The highest BCUT2D eigenvalue weighted by molar-refractivity contribution is 7.99. The molecular weight excluding hydrogens is 184 g/mol. The second-order valence-electron chi connectivity index (χ2n) is 3.10. The van der Waals surface area contributed by atoms with Crippen molar-refractivity contribution in [3.63, 3.8) is 0 Å². The van der Waals surface area contributed by atoms with Crippen LogP contribution >= 0.6 is 11.8 Å². The van der Waals surface area contributed by atoms with E-state index < -0.39 is 0 Å². The highest BCUT2D eigenvalue weighted by Crippen LogP contribution is 2.21. The molecule has 2 rings (SSSR count). The molecular formula is C9H14N2OS. The van der Waals surface area contributed by atoms with E-state index in [4.69, 9.17) is 4.42 Å². The molecule has 4 heteroatoms. The Hall–Kier alpha value is -0.480. The molecule has 72 valence electrons. The first-order chi connectivity index (χ1) is 6.40. The zero-order chi connectivity index (χ0) is 9.10. The average Bonchev–Trinajstić information content (AvgIpc) is 2.67. The third-order valence-electron chi connectivity index (χ3n) is 2.14. The molecule has 0 aliphatic carbocycles. The summed E-state index contributed by atoms with van der Waals surface area (Å²) in [6.07, 6.45) is 2.75. The summed E-state index contributed by atoms with van der Waals surface area (Å²) in [5.41, 5.74) is 0. The Bertz CT molecular complexity index is 268. The summed E-state index contributed by atoms with van der Waals surface area (Å²) in [4.78, 5) is 4.27. The molecule has 13 heavy (non-hydrogen) atoms. The Balaban J connectivity index is 2.05. The fourth-order valence-electron chi connectivity index (χ4n) is 1.37. The van der Waals surface area contributed by atoms with Gasteiger partial charge in [0.05, 0.1) is 12.2 Å². The summed E-state index contributed by atoms with van der Waals surface area (Å²) < 4.78 is 5.59. The number of hydrogen-bond donors (Lipinski definition) is 1. The fraction of sp³-hybridized carbons (Fsp3) is 0.667. The van der Waals surface area contributed by atoms with Crippen LogP contribution in [0, 0.1) is 0 Å². The summed E-state index contributed by atoms with van der Waals surface area (Å²) in [6, 6.07) is 0.319. The number of rotatable bonds is 2. The Morgan fingerprint density at radius 2 is 2.69 bits per heavy atom. The maximum atomic E-state index is 5.59. The molecule has 1 fully saturated rings. The Kier molecular flexibility index (Phi) is 2.90. The average molecular weight is 198 g/mol. The van der Waals surface area contributed by atoms with Gasteiger partial charge in [-0.2, -0.15) is 11.8 Å². The van der Waals surface area contributed by atoms with Gasteiger partial charge in [0, 0.05) is 24.5 Å². The minimum Gasteiger partial charge on any atom is -0.444 e. The molecule has 0 amide bonds. The molecule has 0 radical (unpaired) electrons. The van der Waals surface area contributed by atoms with Crippen LogP contribution in [-0.4, -0.2) is 23.0 Å². The van der Waals surface area contributed by atoms with Crippen molar-refractivity contribution >= 4 is 11.8 Å². The van der Waals surface area contributed by atoms with Crippen molar-refractivity contribution in [2.24, 2.45) is 0 Å². The van der Waals surface area contributed by atoms with E-state index in [9.17, 15) is 0 Å². The lowest BCUT2D eigenvalue weighted by Gasteiger charge is -2.19. The number of hydrogen-bond acceptors (Lipinski definition) is 4. The van der Waals surface area contributed by atoms with Crippen LogP contribution in [0.1, 0.15) is 24.6 Å². The van der Waals surface area contributed by atoms with Crippen LogP contribution in [-0.2, 0) is 6.42 Å². The van der Waals surface area contributed by atoms with Crippen molar-refractivity contribution in [2.45, 2.75) is 19.4 Å². The number of nitrogens with zero attached hydrogens (tertiary/aromatic N) is 1. The van der Waals surface area contributed by atoms with Crippen LogP contribution in [0.5, 0.6) is 0 Å². The lowest BCUT2D eigenvalue weighted by Crippen LogP contribution is -2.30. The van der Waals surface area contributed by atoms with E-state index in [1.807, 2.05) is 18.0 Å². The Morgan fingerprint density at radius 1 is 1.77 bits per heavy atom. The van der Waals surface area contributed by atoms with Gasteiger partial charge in [0.1, 0.15) is 5.76 Å². The van der Waals surface area contributed by atoms with Gasteiger partial charge < -0.3 is 9.73 Å². The van der Waals surface area contributed by atoms with Gasteiger partial charge >= 0.3 is 0 Å². The second kappa shape index (κ2) is 4.15. The van der Waals surface area contributed by atoms with Gasteiger partial charge in [-0.05, 0) is 0 Å². The van der Waals surface area contributed by atoms with Gasteiger partial charge in [-0.15, -0.1) is 0 Å². The van der Waals surface area contributed by atoms with Crippen LogP contribution in [0.25, 0.3) is 0 Å². The molecule has 0 bridgehead atoms. The lowest BCUT2D eigenvalue weighted by atomic mass is 10.3. The second-order valence-corrected chi connectivity index (χ2v) is 4.25. The Labute approximate surface area is 82.3 Å². The third-order valence-corrected chi connectivity index (χ3v) is 3.20. The maximum Gasteiger partial charge on any atom is 0.212 e. The van der Waals surface area contributed by atoms with Gasteiger partial charge in [0.15, 0.2) is 0 Å². The van der Waals surface area contributed by atoms with Crippen molar-refractivity contribution in [3.05, 3.63) is 17.8 Å². The zero-order valence-corrected chi connectivity index (χ0v) is 8.56. The van der Waals surface area contributed by atoms with Gasteiger partial charge in [-0.1, -0.05) is 6.92 Å². The maximum absolute atomic E-state index is 5.59. The van der Waals surface area contributed by atoms with Crippen molar-refractivity contribution in [2.75, 3.05) is 18.1 Å². The van der Waals surface area contributed by atoms with Crippen molar-refractivity contribution in [3.8, 4) is 0 Å². The molecule has 3 nitrogen and oxygen atoms in total. The zero-order valence-electron chi connectivity index (χ0n) is 7.75. The van der Waals surface area contributed by atoms with Crippen LogP contribution < -0.4 is 5.32 Å². The quantitative estimate of drug-likeness (QED) is 0.783. The first kappa shape index (κ1) is 9.09. The molecule has 0 aromatic carbocycles. The van der Waals surface area contributed by atoms with E-state index in [-0.39, 0.29) is 0 Å². The molecule has 1 saturated heterocycles. The van der Waals surface area contributed by atoms with Gasteiger partial charge in [0.25, 0.3) is 0 Å². The predicted molar refractivity (Wildman–Crippen MR) is 53.9 cm³/mol. The molecule has 1 aromatic heterocycles. The summed E-state index contributed by atoms with van der Waals surface area (Å²) in [7, 11) is 0. The largest absolute Gasteiger partial charge is 0.444 e. The molecule has 1 aromatic rings. The van der Waals surface area contributed by atoms with E-state index in [0.29, 0.717) is 6.04 Å². The topological polar surface area (TPSA) is 38.1 Å². The molecule has 1 aliphatic heterocycles. The number of thioether (sulfide) groups is 1. The standard InChI is InChI=1S/C9H14N2OS/c1-2-7-5-11-9(12-7)8-6-13-4-3-10-8/h5,8,10H,2-4,6H2,1H3. The predicted octanol–water partition coefficient (Wildman–Crippen LogP) is 1.61. The van der Waals surface area contributed by atoms with E-state index in [2.05, 4.69) is 17.2 Å². The molecule has 1 atom stereocenters. The number of aryl methyl sites for hydroxylation is 1. The van der Waals surface area contributed by atoms with Crippen LogP contribution in [0.4, 0.5) is 0 Å². The van der Waals surface area contributed by atoms with Gasteiger partial charge in [-0.3, -0.25) is 0 Å². The van der Waals surface area contributed by atoms with Crippen LogP contribution in [0.3, 0.4) is 0 Å². The Morgan fingerprint density at radius 3 is 3.31 bits per heavy atom. The minimum atomic E-state index is 0.319. The first-order valence-electron chi connectivity index (χ1n) is 4.66. The van der Waals surface area contributed by atoms with E-state index >= 15 is 0 Å². The summed E-state index contributed by atoms with van der Waals surface area (Å²) in [5, 5.41) is 3.40. The monoisotopic (exact) mass is 198 g/mol. The normalized spacial score (nSPS) is 23.3. The number of aromatic nitrogens is 1. The van der Waals surface area contributed by atoms with Crippen LogP contribution in [0.2, 0.25) is 0 Å². The summed E-state index contributed by atoms with van der Waals surface area (Å²) >= 11 is 1.95. The molecule has 1 unspecified atom stereocenters. The molecule has 1 N–H and O–H groups in total. The van der Waals surface area contributed by atoms with Gasteiger partial charge in [0.2, 0.25) is 5.89 Å². The van der Waals surface area contributed by atoms with E-state index in [1.165, 1.54) is 5.75 Å². The highest BCUT2D eigenvalue weighted by atomic mass is 32.2. The van der Waals surface area contributed by atoms with Gasteiger partial charge in [-0.25, -0.2) is 4.98 Å². The lowest BCUT2D eigenvalue weighted by molar-refractivity contribution is 0.401. The highest BCUT2D eigenvalue weighted by Gasteiger charge is 2.19. The van der Waals surface area contributed by atoms with Crippen molar-refractivity contribution in [1.29, 1.82) is 0 Å². The summed E-state index contributed by atoms with van der Waals surface area (Å²) in [6.45, 7) is 3.13. The third kappa shape index (κ3) is 2.06. The number of nitrogens with one attached hydrogen (secondary N) is 1. The SMILES string of the molecule is CCc1cnc(C2CSCCN2)o1. The van der Waals surface area contributed by atoms with Crippen LogP contribution in [0.15, 0.2) is 10.6 Å². The fourth-order valence-corrected chi connectivity index (χ4v) is 2.30. The smallest absolute Gasteiger partial charge is 0.212 e. The minimum absolute atomic E-state index is 0.319. The number of oxazole rings is 1. The molecule has 0 saturated carbocycles.